The summed E-state index contributed by atoms with van der Waals surface area (Å²) in [6, 6.07) is 7.03. The molecule has 2 rings (SSSR count). The molecule has 19 heavy (non-hydrogen) atoms. The predicted octanol–water partition coefficient (Wildman–Crippen LogP) is 1.80. The van der Waals surface area contributed by atoms with Crippen molar-refractivity contribution in [2.45, 2.75) is 13.3 Å². The third kappa shape index (κ3) is 3.70. The van der Waals surface area contributed by atoms with Gasteiger partial charge in [-0.3, -0.25) is 14.8 Å². The van der Waals surface area contributed by atoms with Crippen LogP contribution in [-0.4, -0.2) is 22.1 Å². The number of pyridine rings is 2. The zero-order valence-corrected chi connectivity index (χ0v) is 10.6. The molecule has 0 saturated heterocycles. The van der Waals surface area contributed by atoms with Gasteiger partial charge < -0.3 is 0 Å². The highest BCUT2D eigenvalue weighted by molar-refractivity contribution is 5.94. The lowest BCUT2D eigenvalue weighted by atomic mass is 10.2. The molecule has 5 heteroatoms. The zero-order valence-electron chi connectivity index (χ0n) is 10.6. The number of hydrogen-bond donors (Lipinski definition) is 1. The molecule has 0 aliphatic carbocycles. The molecule has 0 bridgehead atoms. The Hall–Kier alpha value is -2.56. The van der Waals surface area contributed by atoms with Gasteiger partial charge in [-0.25, -0.2) is 5.43 Å². The number of hydrogen-bond acceptors (Lipinski definition) is 4. The van der Waals surface area contributed by atoms with Crippen molar-refractivity contribution in [1.82, 2.24) is 15.4 Å². The molecular weight excluding hydrogens is 240 g/mol. The molecule has 2 heterocycles. The van der Waals surface area contributed by atoms with Gasteiger partial charge in [0.15, 0.2) is 0 Å². The van der Waals surface area contributed by atoms with Crippen LogP contribution in [0.5, 0.6) is 0 Å². The molecule has 96 valence electrons. The summed E-state index contributed by atoms with van der Waals surface area (Å²) in [5.41, 5.74) is 4.89. The lowest BCUT2D eigenvalue weighted by Gasteiger charge is -1.99. The lowest BCUT2D eigenvalue weighted by Crippen LogP contribution is -2.17. The van der Waals surface area contributed by atoms with Crippen LogP contribution in [0.4, 0.5) is 0 Å². The molecule has 0 aromatic carbocycles. The van der Waals surface area contributed by atoms with Crippen LogP contribution in [0.2, 0.25) is 0 Å². The molecule has 2 aromatic rings. The molecular formula is C14H14N4O. The molecule has 0 saturated carbocycles. The van der Waals surface area contributed by atoms with E-state index < -0.39 is 0 Å². The van der Waals surface area contributed by atoms with E-state index in [9.17, 15) is 4.79 Å². The van der Waals surface area contributed by atoms with Gasteiger partial charge in [0, 0.05) is 29.8 Å². The van der Waals surface area contributed by atoms with E-state index in [1.54, 1.807) is 36.9 Å². The Morgan fingerprint density at radius 2 is 2.11 bits per heavy atom. The molecule has 0 atom stereocenters. The minimum atomic E-state index is -0.261. The van der Waals surface area contributed by atoms with E-state index in [1.807, 2.05) is 19.1 Å². The second-order valence-electron chi connectivity index (χ2n) is 3.87. The highest BCUT2D eigenvalue weighted by Crippen LogP contribution is 2.00. The molecule has 0 unspecified atom stereocenters. The monoisotopic (exact) mass is 254 g/mol. The molecule has 1 amide bonds. The zero-order chi connectivity index (χ0) is 13.5. The number of rotatable bonds is 4. The lowest BCUT2D eigenvalue weighted by molar-refractivity contribution is 0.0955. The Morgan fingerprint density at radius 3 is 2.84 bits per heavy atom. The summed E-state index contributed by atoms with van der Waals surface area (Å²) in [7, 11) is 0. The van der Waals surface area contributed by atoms with Crippen LogP contribution in [0, 0.1) is 0 Å². The normalized spacial score (nSPS) is 10.6. The summed E-state index contributed by atoms with van der Waals surface area (Å²) in [6.45, 7) is 2.04. The van der Waals surface area contributed by atoms with E-state index in [0.29, 0.717) is 5.56 Å². The van der Waals surface area contributed by atoms with Crippen LogP contribution in [0.25, 0.3) is 0 Å². The summed E-state index contributed by atoms with van der Waals surface area (Å²) < 4.78 is 0. The van der Waals surface area contributed by atoms with Crippen molar-refractivity contribution < 1.29 is 4.79 Å². The Morgan fingerprint density at radius 1 is 1.32 bits per heavy atom. The van der Waals surface area contributed by atoms with Gasteiger partial charge in [0.1, 0.15) is 0 Å². The number of nitrogens with zero attached hydrogens (tertiary/aromatic N) is 3. The Kier molecular flexibility index (Phi) is 4.34. The molecule has 0 radical (unpaired) electrons. The van der Waals surface area contributed by atoms with Crippen molar-refractivity contribution in [3.63, 3.8) is 0 Å². The third-order valence-electron chi connectivity index (χ3n) is 2.53. The molecule has 0 aliphatic heterocycles. The van der Waals surface area contributed by atoms with Crippen LogP contribution >= 0.6 is 0 Å². The summed E-state index contributed by atoms with van der Waals surface area (Å²) in [4.78, 5) is 19.7. The third-order valence-corrected chi connectivity index (χ3v) is 2.53. The van der Waals surface area contributed by atoms with E-state index in [2.05, 4.69) is 20.5 Å². The van der Waals surface area contributed by atoms with E-state index in [0.717, 1.165) is 17.7 Å². The fourth-order valence-electron chi connectivity index (χ4n) is 1.50. The largest absolute Gasteiger partial charge is 0.271 e. The van der Waals surface area contributed by atoms with Crippen molar-refractivity contribution in [3.05, 3.63) is 59.7 Å². The first-order valence-electron chi connectivity index (χ1n) is 5.98. The maximum absolute atomic E-state index is 11.7. The summed E-state index contributed by atoms with van der Waals surface area (Å²) in [6.07, 6.45) is 7.32. The fraction of sp³-hybridized carbons (Fsp3) is 0.143. The van der Waals surface area contributed by atoms with Crippen molar-refractivity contribution in [2.75, 3.05) is 0 Å². The quantitative estimate of drug-likeness (QED) is 0.668. The molecule has 0 spiro atoms. The smallest absolute Gasteiger partial charge is 0.267 e. The molecule has 1 N–H and O–H groups in total. The average molecular weight is 254 g/mol. The Bertz CT molecular complexity index is 581. The summed E-state index contributed by atoms with van der Waals surface area (Å²) in [5, 5.41) is 3.92. The van der Waals surface area contributed by atoms with Gasteiger partial charge in [-0.05, 0) is 36.2 Å². The van der Waals surface area contributed by atoms with Crippen molar-refractivity contribution in [2.24, 2.45) is 5.10 Å². The van der Waals surface area contributed by atoms with Crippen LogP contribution < -0.4 is 5.43 Å². The van der Waals surface area contributed by atoms with Gasteiger partial charge in [-0.2, -0.15) is 5.10 Å². The average Bonchev–Trinajstić information content (AvgIpc) is 2.48. The van der Waals surface area contributed by atoms with Crippen LogP contribution in [0.1, 0.15) is 28.5 Å². The first-order chi connectivity index (χ1) is 9.29. The second-order valence-corrected chi connectivity index (χ2v) is 3.87. The summed E-state index contributed by atoms with van der Waals surface area (Å²) in [5.74, 6) is -0.261. The van der Waals surface area contributed by atoms with Gasteiger partial charge in [-0.15, -0.1) is 0 Å². The van der Waals surface area contributed by atoms with E-state index >= 15 is 0 Å². The highest BCUT2D eigenvalue weighted by Gasteiger charge is 2.01. The fourth-order valence-corrected chi connectivity index (χ4v) is 1.50. The van der Waals surface area contributed by atoms with Gasteiger partial charge in [-0.1, -0.05) is 6.92 Å². The van der Waals surface area contributed by atoms with E-state index in [4.69, 9.17) is 0 Å². The van der Waals surface area contributed by atoms with Crippen LogP contribution in [-0.2, 0) is 6.42 Å². The number of carbonyl (C=O) groups is 1. The summed E-state index contributed by atoms with van der Waals surface area (Å²) >= 11 is 0. The van der Waals surface area contributed by atoms with Gasteiger partial charge in [0.2, 0.25) is 0 Å². The molecule has 2 aromatic heterocycles. The minimum absolute atomic E-state index is 0.261. The molecule has 0 fully saturated rings. The van der Waals surface area contributed by atoms with Crippen molar-refractivity contribution in [3.8, 4) is 0 Å². The van der Waals surface area contributed by atoms with Gasteiger partial charge >= 0.3 is 0 Å². The number of aromatic nitrogens is 2. The second kappa shape index (κ2) is 6.39. The number of hydrazone groups is 1. The van der Waals surface area contributed by atoms with E-state index in [-0.39, 0.29) is 5.91 Å². The topological polar surface area (TPSA) is 67.2 Å². The predicted molar refractivity (Wildman–Crippen MR) is 72.9 cm³/mol. The van der Waals surface area contributed by atoms with Gasteiger partial charge in [0.25, 0.3) is 5.91 Å². The van der Waals surface area contributed by atoms with Crippen LogP contribution in [0.15, 0.2) is 48.0 Å². The SMILES string of the molecule is CCc1cc(C=NNC(=O)c2ccncc2)ccn1. The van der Waals surface area contributed by atoms with E-state index in [1.165, 1.54) is 0 Å². The Labute approximate surface area is 111 Å². The molecule has 5 nitrogen and oxygen atoms in total. The highest BCUT2D eigenvalue weighted by atomic mass is 16.2. The standard InChI is InChI=1S/C14H14N4O/c1-2-13-9-11(3-8-16-13)10-17-18-14(19)12-4-6-15-7-5-12/h3-10H,2H2,1H3,(H,18,19). The number of carbonyl (C=O) groups excluding carboxylic acids is 1. The van der Waals surface area contributed by atoms with Gasteiger partial charge in [0.05, 0.1) is 6.21 Å². The van der Waals surface area contributed by atoms with Crippen LogP contribution in [0.3, 0.4) is 0 Å². The first kappa shape index (κ1) is 12.9. The van der Waals surface area contributed by atoms with Crippen molar-refractivity contribution >= 4 is 12.1 Å². The maximum atomic E-state index is 11.7. The maximum Gasteiger partial charge on any atom is 0.271 e. The number of amides is 1. The minimum Gasteiger partial charge on any atom is -0.267 e. The number of aryl methyl sites for hydroxylation is 1. The Balaban J connectivity index is 1.98. The van der Waals surface area contributed by atoms with Crippen molar-refractivity contribution in [1.29, 1.82) is 0 Å². The molecule has 0 aliphatic rings. The number of nitrogens with one attached hydrogen (secondary N) is 1. The first-order valence-corrected chi connectivity index (χ1v) is 5.98.